The Morgan fingerprint density at radius 3 is 2.85 bits per heavy atom. The molecule has 0 radical (unpaired) electrons. The van der Waals surface area contributed by atoms with E-state index >= 15 is 0 Å². The molecule has 20 heavy (non-hydrogen) atoms. The molecule has 4 nitrogen and oxygen atoms in total. The molecule has 0 aliphatic carbocycles. The largest absolute Gasteiger partial charge is 0.496 e. The van der Waals surface area contributed by atoms with E-state index in [1.807, 2.05) is 47.3 Å². The van der Waals surface area contributed by atoms with Crippen LogP contribution in [0.5, 0.6) is 5.75 Å². The van der Waals surface area contributed by atoms with Gasteiger partial charge < -0.3 is 10.5 Å². The second-order valence-electron chi connectivity index (χ2n) is 4.59. The van der Waals surface area contributed by atoms with Gasteiger partial charge >= 0.3 is 0 Å². The molecule has 5 heteroatoms. The summed E-state index contributed by atoms with van der Waals surface area (Å²) in [5.41, 5.74) is 8.77. The number of nitrogen functional groups attached to an aromatic ring is 1. The Morgan fingerprint density at radius 1 is 1.25 bits per heavy atom. The lowest BCUT2D eigenvalue weighted by atomic mass is 10.2. The Hall–Kier alpha value is -2.01. The molecule has 102 valence electrons. The van der Waals surface area contributed by atoms with Crippen LogP contribution in [0.3, 0.4) is 0 Å². The van der Waals surface area contributed by atoms with Gasteiger partial charge in [-0.15, -0.1) is 0 Å². The van der Waals surface area contributed by atoms with E-state index in [2.05, 4.69) is 21.0 Å². The molecular formula is C15H14BrN3O. The van der Waals surface area contributed by atoms with E-state index in [4.69, 9.17) is 10.5 Å². The highest BCUT2D eigenvalue weighted by atomic mass is 79.9. The maximum Gasteiger partial charge on any atom is 0.133 e. The average Bonchev–Trinajstić information content (AvgIpc) is 2.82. The van der Waals surface area contributed by atoms with Crippen molar-refractivity contribution >= 4 is 32.5 Å². The van der Waals surface area contributed by atoms with E-state index in [1.165, 1.54) is 0 Å². The molecule has 0 spiro atoms. The first-order valence-corrected chi connectivity index (χ1v) is 7.00. The molecule has 3 aromatic rings. The standard InChI is InChI=1S/C15H14BrN3O/c1-20-15-5-2-10(6-13(15)16)9-19-14-7-12(17)4-3-11(14)8-18-19/h2-8H,9,17H2,1H3. The van der Waals surface area contributed by atoms with E-state index in [0.29, 0.717) is 6.54 Å². The zero-order chi connectivity index (χ0) is 14.1. The lowest BCUT2D eigenvalue weighted by Gasteiger charge is -2.08. The molecule has 0 atom stereocenters. The number of nitrogens with two attached hydrogens (primary N) is 1. The number of methoxy groups -OCH3 is 1. The fourth-order valence-corrected chi connectivity index (χ4v) is 2.78. The molecule has 0 fully saturated rings. The summed E-state index contributed by atoms with van der Waals surface area (Å²) in [6.07, 6.45) is 1.85. The molecule has 0 bridgehead atoms. The van der Waals surface area contributed by atoms with Gasteiger partial charge in [-0.3, -0.25) is 4.68 Å². The van der Waals surface area contributed by atoms with Crippen molar-refractivity contribution in [3.05, 3.63) is 52.6 Å². The van der Waals surface area contributed by atoms with E-state index in [9.17, 15) is 0 Å². The van der Waals surface area contributed by atoms with Crippen LogP contribution in [-0.2, 0) is 6.54 Å². The molecule has 0 unspecified atom stereocenters. The quantitative estimate of drug-likeness (QED) is 0.748. The number of aromatic nitrogens is 2. The van der Waals surface area contributed by atoms with Gasteiger partial charge in [-0.25, -0.2) is 0 Å². The van der Waals surface area contributed by atoms with Crippen molar-refractivity contribution < 1.29 is 4.74 Å². The van der Waals surface area contributed by atoms with Crippen molar-refractivity contribution in [2.45, 2.75) is 6.54 Å². The molecule has 0 aliphatic rings. The van der Waals surface area contributed by atoms with Gasteiger partial charge in [0.05, 0.1) is 29.8 Å². The van der Waals surface area contributed by atoms with E-state index < -0.39 is 0 Å². The molecular weight excluding hydrogens is 318 g/mol. The molecule has 0 aliphatic heterocycles. The zero-order valence-corrected chi connectivity index (χ0v) is 12.6. The smallest absolute Gasteiger partial charge is 0.133 e. The van der Waals surface area contributed by atoms with Crippen molar-refractivity contribution in [1.29, 1.82) is 0 Å². The van der Waals surface area contributed by atoms with Crippen molar-refractivity contribution in [3.8, 4) is 5.75 Å². The monoisotopic (exact) mass is 331 g/mol. The number of ether oxygens (including phenoxy) is 1. The summed E-state index contributed by atoms with van der Waals surface area (Å²) >= 11 is 3.50. The number of halogens is 1. The summed E-state index contributed by atoms with van der Waals surface area (Å²) in [6, 6.07) is 11.8. The Labute approximate surface area is 125 Å². The normalized spacial score (nSPS) is 10.9. The molecule has 1 heterocycles. The number of benzene rings is 2. The van der Waals surface area contributed by atoms with E-state index in [-0.39, 0.29) is 0 Å². The summed E-state index contributed by atoms with van der Waals surface area (Å²) in [4.78, 5) is 0. The van der Waals surface area contributed by atoms with Gasteiger partial charge in [-0.1, -0.05) is 6.07 Å². The minimum Gasteiger partial charge on any atom is -0.496 e. The molecule has 2 aromatic carbocycles. The Kier molecular flexibility index (Phi) is 3.36. The van der Waals surface area contributed by atoms with Gasteiger partial charge in [-0.05, 0) is 51.8 Å². The number of hydrogen-bond donors (Lipinski definition) is 1. The number of nitrogens with zero attached hydrogens (tertiary/aromatic N) is 2. The third-order valence-electron chi connectivity index (χ3n) is 3.22. The van der Waals surface area contributed by atoms with Crippen molar-refractivity contribution in [2.75, 3.05) is 12.8 Å². The van der Waals surface area contributed by atoms with Crippen LogP contribution in [0.25, 0.3) is 10.9 Å². The van der Waals surface area contributed by atoms with Gasteiger partial charge in [0.15, 0.2) is 0 Å². The highest BCUT2D eigenvalue weighted by Crippen LogP contribution is 2.26. The van der Waals surface area contributed by atoms with Gasteiger partial charge in [0.1, 0.15) is 5.75 Å². The minimum absolute atomic E-state index is 0.690. The highest BCUT2D eigenvalue weighted by Gasteiger charge is 2.06. The van der Waals surface area contributed by atoms with Gasteiger partial charge in [0.2, 0.25) is 0 Å². The maximum atomic E-state index is 5.84. The molecule has 0 saturated carbocycles. The zero-order valence-electron chi connectivity index (χ0n) is 11.0. The molecule has 0 amide bonds. The molecule has 3 rings (SSSR count). The van der Waals surface area contributed by atoms with Crippen molar-refractivity contribution in [2.24, 2.45) is 0 Å². The predicted octanol–water partition coefficient (Wildman–Crippen LogP) is 3.44. The number of anilines is 1. The fourth-order valence-electron chi connectivity index (χ4n) is 2.19. The molecule has 2 N–H and O–H groups in total. The summed E-state index contributed by atoms with van der Waals surface area (Å²) in [6.45, 7) is 0.690. The Bertz CT molecular complexity index is 767. The lowest BCUT2D eigenvalue weighted by Crippen LogP contribution is -2.02. The maximum absolute atomic E-state index is 5.84. The van der Waals surface area contributed by atoms with Gasteiger partial charge in [0.25, 0.3) is 0 Å². The van der Waals surface area contributed by atoms with Crippen molar-refractivity contribution in [1.82, 2.24) is 9.78 Å². The predicted molar refractivity (Wildman–Crippen MR) is 83.9 cm³/mol. The van der Waals surface area contributed by atoms with Crippen LogP contribution in [0.4, 0.5) is 5.69 Å². The Balaban J connectivity index is 1.97. The van der Waals surface area contributed by atoms with Crippen LogP contribution in [0.1, 0.15) is 5.56 Å². The number of hydrogen-bond acceptors (Lipinski definition) is 3. The second-order valence-corrected chi connectivity index (χ2v) is 5.44. The SMILES string of the molecule is COc1ccc(Cn2ncc3ccc(N)cc32)cc1Br. The molecule has 1 aromatic heterocycles. The van der Waals surface area contributed by atoms with Crippen LogP contribution in [0.15, 0.2) is 47.1 Å². The third-order valence-corrected chi connectivity index (χ3v) is 3.84. The van der Waals surface area contributed by atoms with E-state index in [1.54, 1.807) is 7.11 Å². The van der Waals surface area contributed by atoms with Crippen LogP contribution in [-0.4, -0.2) is 16.9 Å². The topological polar surface area (TPSA) is 53.1 Å². The lowest BCUT2D eigenvalue weighted by molar-refractivity contribution is 0.412. The third kappa shape index (κ3) is 2.36. The van der Waals surface area contributed by atoms with Gasteiger partial charge in [0, 0.05) is 11.1 Å². The second kappa shape index (κ2) is 5.17. The van der Waals surface area contributed by atoms with Crippen LogP contribution >= 0.6 is 15.9 Å². The first-order chi connectivity index (χ1) is 9.67. The van der Waals surface area contributed by atoms with Crippen LogP contribution < -0.4 is 10.5 Å². The summed E-state index contributed by atoms with van der Waals surface area (Å²) in [5.74, 6) is 0.823. The summed E-state index contributed by atoms with van der Waals surface area (Å²) in [7, 11) is 1.66. The van der Waals surface area contributed by atoms with Crippen LogP contribution in [0, 0.1) is 0 Å². The number of fused-ring (bicyclic) bond motifs is 1. The average molecular weight is 332 g/mol. The fraction of sp³-hybridized carbons (Fsp3) is 0.133. The highest BCUT2D eigenvalue weighted by molar-refractivity contribution is 9.10. The minimum atomic E-state index is 0.690. The van der Waals surface area contributed by atoms with Crippen molar-refractivity contribution in [3.63, 3.8) is 0 Å². The first-order valence-electron chi connectivity index (χ1n) is 6.21. The number of rotatable bonds is 3. The summed E-state index contributed by atoms with van der Waals surface area (Å²) < 4.78 is 8.12. The first kappa shape index (κ1) is 13.0. The van der Waals surface area contributed by atoms with Gasteiger partial charge in [-0.2, -0.15) is 5.10 Å². The Morgan fingerprint density at radius 2 is 2.10 bits per heavy atom. The van der Waals surface area contributed by atoms with Crippen LogP contribution in [0.2, 0.25) is 0 Å². The van der Waals surface area contributed by atoms with E-state index in [0.717, 1.165) is 32.4 Å². The summed E-state index contributed by atoms with van der Waals surface area (Å²) in [5, 5.41) is 5.51. The molecule has 0 saturated heterocycles.